The molecule has 5 heteroatoms. The predicted octanol–water partition coefficient (Wildman–Crippen LogP) is 0.947. The monoisotopic (exact) mass is 267 g/mol. The first-order valence-corrected chi connectivity index (χ1v) is 7.52. The zero-order valence-corrected chi connectivity index (χ0v) is 11.9. The molecule has 108 valence electrons. The van der Waals surface area contributed by atoms with Crippen molar-refractivity contribution in [1.29, 1.82) is 0 Å². The highest BCUT2D eigenvalue weighted by Crippen LogP contribution is 2.16. The van der Waals surface area contributed by atoms with Gasteiger partial charge < -0.3 is 10.2 Å². The minimum atomic E-state index is -0.278. The third kappa shape index (κ3) is 3.69. The Bertz CT molecular complexity index is 327. The number of amides is 2. The SMILES string of the molecule is CCC(C(=O)NCN1CCCCC1)N1CCCC1=O. The van der Waals surface area contributed by atoms with E-state index >= 15 is 0 Å². The summed E-state index contributed by atoms with van der Waals surface area (Å²) in [6.07, 6.45) is 5.90. The molecule has 2 aliphatic heterocycles. The Morgan fingerprint density at radius 3 is 2.53 bits per heavy atom. The van der Waals surface area contributed by atoms with E-state index in [4.69, 9.17) is 0 Å². The molecule has 1 unspecified atom stereocenters. The molecule has 1 atom stereocenters. The maximum absolute atomic E-state index is 12.2. The van der Waals surface area contributed by atoms with Crippen LogP contribution in [0.15, 0.2) is 0 Å². The number of likely N-dealkylation sites (tertiary alicyclic amines) is 2. The first-order chi connectivity index (χ1) is 9.22. The molecular formula is C14H25N3O2. The summed E-state index contributed by atoms with van der Waals surface area (Å²) < 4.78 is 0. The van der Waals surface area contributed by atoms with Crippen LogP contribution in [0.25, 0.3) is 0 Å². The molecule has 1 N–H and O–H groups in total. The molecule has 0 spiro atoms. The molecule has 2 saturated heterocycles. The van der Waals surface area contributed by atoms with Crippen molar-refractivity contribution < 1.29 is 9.59 Å². The molecule has 0 aliphatic carbocycles. The Morgan fingerprint density at radius 1 is 1.21 bits per heavy atom. The van der Waals surface area contributed by atoms with Gasteiger partial charge in [0.05, 0.1) is 6.67 Å². The van der Waals surface area contributed by atoms with E-state index in [1.807, 2.05) is 6.92 Å². The van der Waals surface area contributed by atoms with Crippen molar-refractivity contribution in [2.45, 2.75) is 51.5 Å². The average molecular weight is 267 g/mol. The van der Waals surface area contributed by atoms with Crippen LogP contribution in [-0.2, 0) is 9.59 Å². The van der Waals surface area contributed by atoms with Crippen molar-refractivity contribution in [2.24, 2.45) is 0 Å². The van der Waals surface area contributed by atoms with Gasteiger partial charge >= 0.3 is 0 Å². The molecule has 2 rings (SSSR count). The van der Waals surface area contributed by atoms with Crippen LogP contribution in [0.5, 0.6) is 0 Å². The smallest absolute Gasteiger partial charge is 0.243 e. The second kappa shape index (κ2) is 6.89. The lowest BCUT2D eigenvalue weighted by Gasteiger charge is -2.29. The number of carbonyl (C=O) groups is 2. The van der Waals surface area contributed by atoms with Crippen molar-refractivity contribution in [3.8, 4) is 0 Å². The van der Waals surface area contributed by atoms with E-state index in [0.717, 1.165) is 26.1 Å². The van der Waals surface area contributed by atoms with Gasteiger partial charge in [0.15, 0.2) is 0 Å². The molecule has 0 radical (unpaired) electrons. The summed E-state index contributed by atoms with van der Waals surface area (Å²) in [7, 11) is 0. The molecule has 19 heavy (non-hydrogen) atoms. The summed E-state index contributed by atoms with van der Waals surface area (Å²) in [4.78, 5) is 28.0. The average Bonchev–Trinajstić information content (AvgIpc) is 2.85. The van der Waals surface area contributed by atoms with Gasteiger partial charge in [-0.1, -0.05) is 13.3 Å². The van der Waals surface area contributed by atoms with Crippen molar-refractivity contribution in [3.63, 3.8) is 0 Å². The number of nitrogens with zero attached hydrogens (tertiary/aromatic N) is 2. The van der Waals surface area contributed by atoms with Crippen LogP contribution in [0.3, 0.4) is 0 Å². The topological polar surface area (TPSA) is 52.7 Å². The summed E-state index contributed by atoms with van der Waals surface area (Å²) in [6.45, 7) is 5.46. The largest absolute Gasteiger partial charge is 0.342 e. The third-order valence-electron chi connectivity index (χ3n) is 4.10. The number of hydrogen-bond acceptors (Lipinski definition) is 3. The van der Waals surface area contributed by atoms with Crippen LogP contribution < -0.4 is 5.32 Å². The van der Waals surface area contributed by atoms with E-state index in [0.29, 0.717) is 19.5 Å². The molecular weight excluding hydrogens is 242 g/mol. The first-order valence-electron chi connectivity index (χ1n) is 7.52. The molecule has 0 aromatic rings. The quantitative estimate of drug-likeness (QED) is 0.807. The van der Waals surface area contributed by atoms with E-state index in [1.165, 1.54) is 19.3 Å². The summed E-state index contributed by atoms with van der Waals surface area (Å²) in [5.74, 6) is 0.128. The van der Waals surface area contributed by atoms with Gasteiger partial charge in [-0.25, -0.2) is 0 Å². The van der Waals surface area contributed by atoms with Crippen LogP contribution >= 0.6 is 0 Å². The van der Waals surface area contributed by atoms with Crippen LogP contribution in [0.2, 0.25) is 0 Å². The number of carbonyl (C=O) groups excluding carboxylic acids is 2. The summed E-state index contributed by atoms with van der Waals surface area (Å²) in [5, 5.41) is 2.99. The van der Waals surface area contributed by atoms with E-state index in [2.05, 4.69) is 10.2 Å². The zero-order chi connectivity index (χ0) is 13.7. The van der Waals surface area contributed by atoms with Crippen molar-refractivity contribution in [1.82, 2.24) is 15.1 Å². The molecule has 2 aliphatic rings. The molecule has 0 aromatic heterocycles. The fourth-order valence-corrected chi connectivity index (χ4v) is 2.97. The number of piperidine rings is 1. The van der Waals surface area contributed by atoms with Gasteiger partial charge in [-0.05, 0) is 38.8 Å². The molecule has 5 nitrogen and oxygen atoms in total. The van der Waals surface area contributed by atoms with Crippen LogP contribution in [0.4, 0.5) is 0 Å². The van der Waals surface area contributed by atoms with Gasteiger partial charge in [-0.2, -0.15) is 0 Å². The summed E-state index contributed by atoms with van der Waals surface area (Å²) in [6, 6.07) is -0.278. The van der Waals surface area contributed by atoms with Crippen molar-refractivity contribution in [2.75, 3.05) is 26.3 Å². The zero-order valence-electron chi connectivity index (χ0n) is 11.9. The molecule has 2 fully saturated rings. The predicted molar refractivity (Wildman–Crippen MR) is 73.5 cm³/mol. The van der Waals surface area contributed by atoms with Gasteiger partial charge in [0.25, 0.3) is 0 Å². The minimum Gasteiger partial charge on any atom is -0.342 e. The van der Waals surface area contributed by atoms with Gasteiger partial charge in [-0.15, -0.1) is 0 Å². The Balaban J connectivity index is 1.81. The lowest BCUT2D eigenvalue weighted by atomic mass is 10.1. The van der Waals surface area contributed by atoms with Gasteiger partial charge in [0, 0.05) is 13.0 Å². The minimum absolute atomic E-state index is 0.00308. The summed E-state index contributed by atoms with van der Waals surface area (Å²) in [5.41, 5.74) is 0. The molecule has 0 bridgehead atoms. The van der Waals surface area contributed by atoms with Gasteiger partial charge in [-0.3, -0.25) is 14.5 Å². The van der Waals surface area contributed by atoms with Crippen LogP contribution in [-0.4, -0.2) is 54.0 Å². The highest BCUT2D eigenvalue weighted by molar-refractivity contribution is 5.88. The van der Waals surface area contributed by atoms with E-state index in [-0.39, 0.29) is 17.9 Å². The summed E-state index contributed by atoms with van der Waals surface area (Å²) >= 11 is 0. The fraction of sp³-hybridized carbons (Fsp3) is 0.857. The number of rotatable bonds is 5. The normalized spacial score (nSPS) is 22.6. The molecule has 0 saturated carbocycles. The fourth-order valence-electron chi connectivity index (χ4n) is 2.97. The van der Waals surface area contributed by atoms with Crippen LogP contribution in [0, 0.1) is 0 Å². The van der Waals surface area contributed by atoms with E-state index in [9.17, 15) is 9.59 Å². The molecule has 0 aromatic carbocycles. The first kappa shape index (κ1) is 14.3. The van der Waals surface area contributed by atoms with Crippen molar-refractivity contribution >= 4 is 11.8 Å². The van der Waals surface area contributed by atoms with Crippen LogP contribution in [0.1, 0.15) is 45.4 Å². The van der Waals surface area contributed by atoms with Gasteiger partial charge in [0.2, 0.25) is 11.8 Å². The van der Waals surface area contributed by atoms with E-state index < -0.39 is 0 Å². The lowest BCUT2D eigenvalue weighted by Crippen LogP contribution is -2.50. The standard InChI is InChI=1S/C14H25N3O2/c1-2-12(17-10-6-7-13(17)18)14(19)15-11-16-8-4-3-5-9-16/h12H,2-11H2,1H3,(H,15,19). The Labute approximate surface area is 115 Å². The third-order valence-corrected chi connectivity index (χ3v) is 4.10. The van der Waals surface area contributed by atoms with Crippen molar-refractivity contribution in [3.05, 3.63) is 0 Å². The highest BCUT2D eigenvalue weighted by Gasteiger charge is 2.31. The lowest BCUT2D eigenvalue weighted by molar-refractivity contribution is -0.137. The maximum atomic E-state index is 12.2. The highest BCUT2D eigenvalue weighted by atomic mass is 16.2. The van der Waals surface area contributed by atoms with Gasteiger partial charge in [0.1, 0.15) is 6.04 Å². The molecule has 2 amide bonds. The Hall–Kier alpha value is -1.10. The second-order valence-corrected chi connectivity index (χ2v) is 5.49. The maximum Gasteiger partial charge on any atom is 0.243 e. The Kier molecular flexibility index (Phi) is 5.19. The number of nitrogens with one attached hydrogen (secondary N) is 1. The molecule has 2 heterocycles. The number of hydrogen-bond donors (Lipinski definition) is 1. The Morgan fingerprint density at radius 2 is 1.95 bits per heavy atom. The van der Waals surface area contributed by atoms with E-state index in [1.54, 1.807) is 4.90 Å². The second-order valence-electron chi connectivity index (χ2n) is 5.49.